The number of rotatable bonds is 8. The van der Waals surface area contributed by atoms with Crippen LogP contribution in [0.25, 0.3) is 66.1 Å². The molecule has 0 atom stereocenters. The maximum Gasteiger partial charge on any atom is 0.348 e. The van der Waals surface area contributed by atoms with Gasteiger partial charge in [0.05, 0.1) is 28.6 Å². The van der Waals surface area contributed by atoms with E-state index in [1.54, 1.807) is 12.1 Å². The summed E-state index contributed by atoms with van der Waals surface area (Å²) in [7, 11) is 0. The lowest BCUT2D eigenvalue weighted by molar-refractivity contribution is 0.565. The van der Waals surface area contributed by atoms with Gasteiger partial charge in [-0.15, -0.1) is 0 Å². The van der Waals surface area contributed by atoms with Crippen molar-refractivity contribution in [3.63, 3.8) is 0 Å². The molecule has 4 aromatic heterocycles. The molecule has 296 valence electrons. The molecule has 0 saturated heterocycles. The van der Waals surface area contributed by atoms with Crippen LogP contribution in [0, 0.1) is 0 Å². The van der Waals surface area contributed by atoms with E-state index < -0.39 is 11.3 Å². The van der Waals surface area contributed by atoms with E-state index >= 15 is 0 Å². The van der Waals surface area contributed by atoms with Crippen molar-refractivity contribution in [2.45, 2.75) is 26.2 Å². The van der Waals surface area contributed by atoms with Crippen LogP contribution in [0.3, 0.4) is 0 Å². The molecule has 10 aromatic rings. The third kappa shape index (κ3) is 5.78. The summed E-state index contributed by atoms with van der Waals surface area (Å²) in [6, 6.07) is 47.9. The monoisotopic (exact) mass is 800 g/mol. The molecule has 0 aliphatic carbocycles. The lowest BCUT2D eigenvalue weighted by atomic mass is 9.95. The Kier molecular flexibility index (Phi) is 7.93. The number of furan rings is 2. The van der Waals surface area contributed by atoms with E-state index in [0.29, 0.717) is 82.2 Å². The zero-order valence-corrected chi connectivity index (χ0v) is 32.7. The Bertz CT molecular complexity index is 3250. The topological polar surface area (TPSA) is 117 Å². The standard InChI is InChI=1S/C51H36N4O6/c56-50-44-42(48(52-25-30-11-3-1-4-12-30)60-46(44)36-15-7-9-17-40(36)58-50)32-19-21-38-34(23-32)27-54-29-55(38)28-35-24-33(20-22-39(35)54)43-45-47(37-16-8-10-18-41(37)59-51(45)57)61-49(43)53-26-31-13-5-2-6-14-31/h1-24,52-53H,25-29H2. The summed E-state index contributed by atoms with van der Waals surface area (Å²) in [4.78, 5) is 32.2. The first kappa shape index (κ1) is 35.0. The molecule has 2 N–H and O–H groups in total. The van der Waals surface area contributed by atoms with Crippen molar-refractivity contribution >= 4 is 67.0 Å². The molecule has 12 rings (SSSR count). The molecule has 10 nitrogen and oxygen atoms in total. The molecule has 0 fully saturated rings. The molecule has 0 radical (unpaired) electrons. The van der Waals surface area contributed by atoms with Crippen molar-refractivity contribution in [3.05, 3.63) is 189 Å². The minimum absolute atomic E-state index is 0.412. The molecule has 6 heterocycles. The van der Waals surface area contributed by atoms with Crippen LogP contribution < -0.4 is 31.7 Å². The molecule has 0 spiro atoms. The highest BCUT2D eigenvalue weighted by Gasteiger charge is 2.32. The van der Waals surface area contributed by atoms with Gasteiger partial charge >= 0.3 is 11.3 Å². The lowest BCUT2D eigenvalue weighted by Crippen LogP contribution is -2.46. The van der Waals surface area contributed by atoms with Crippen LogP contribution in [0.2, 0.25) is 0 Å². The third-order valence-electron chi connectivity index (χ3n) is 12.0. The Morgan fingerprint density at radius 3 is 1.36 bits per heavy atom. The molecule has 61 heavy (non-hydrogen) atoms. The van der Waals surface area contributed by atoms with Gasteiger partial charge in [0.15, 0.2) is 11.2 Å². The first-order valence-corrected chi connectivity index (χ1v) is 20.3. The zero-order chi connectivity index (χ0) is 40.6. The Balaban J connectivity index is 0.927. The van der Waals surface area contributed by atoms with Crippen molar-refractivity contribution in [1.82, 2.24) is 0 Å². The van der Waals surface area contributed by atoms with E-state index in [2.05, 4.69) is 81.1 Å². The number of hydrogen-bond donors (Lipinski definition) is 2. The summed E-state index contributed by atoms with van der Waals surface area (Å²) in [5.41, 5.74) is 10.8. The van der Waals surface area contributed by atoms with E-state index in [9.17, 15) is 9.59 Å². The van der Waals surface area contributed by atoms with E-state index in [0.717, 1.165) is 62.2 Å². The van der Waals surface area contributed by atoms with Crippen molar-refractivity contribution in [2.75, 3.05) is 27.1 Å². The fraction of sp³-hybridized carbons (Fsp3) is 0.0980. The number of nitrogens with zero attached hydrogens (tertiary/aromatic N) is 2. The predicted molar refractivity (Wildman–Crippen MR) is 240 cm³/mol. The molecule has 6 aromatic carbocycles. The first-order valence-electron chi connectivity index (χ1n) is 20.3. The average molecular weight is 801 g/mol. The Morgan fingerprint density at radius 1 is 0.475 bits per heavy atom. The van der Waals surface area contributed by atoms with E-state index in [-0.39, 0.29) is 0 Å². The fourth-order valence-electron chi connectivity index (χ4n) is 9.17. The van der Waals surface area contributed by atoms with Crippen LogP contribution in [0.5, 0.6) is 0 Å². The largest absolute Gasteiger partial charge is 0.439 e. The van der Waals surface area contributed by atoms with Crippen molar-refractivity contribution in [2.24, 2.45) is 0 Å². The number of fused-ring (bicyclic) bond motifs is 12. The Labute approximate surface area is 347 Å². The molecule has 2 aliphatic heterocycles. The van der Waals surface area contributed by atoms with Gasteiger partial charge in [-0.3, -0.25) is 0 Å². The molecular formula is C51H36N4O6. The SMILES string of the molecule is O=c1oc2ccccc2c2oc(NCc3ccccc3)c(-c3ccc4c(c3)CN3CN4Cc4cc(-c5c(NCc6ccccc6)oc6c5c(=O)oc5ccccc56)ccc43)c12. The minimum atomic E-state index is -0.443. The minimum Gasteiger partial charge on any atom is -0.439 e. The molecule has 0 unspecified atom stereocenters. The van der Waals surface area contributed by atoms with E-state index in [1.165, 1.54) is 0 Å². The number of nitrogens with one attached hydrogen (secondary N) is 2. The number of anilines is 4. The fourth-order valence-corrected chi connectivity index (χ4v) is 9.17. The van der Waals surface area contributed by atoms with Crippen LogP contribution >= 0.6 is 0 Å². The van der Waals surface area contributed by atoms with Gasteiger partial charge < -0.3 is 38.1 Å². The van der Waals surface area contributed by atoms with Crippen LogP contribution in [-0.4, -0.2) is 6.67 Å². The lowest BCUT2D eigenvalue weighted by Gasteiger charge is -2.45. The third-order valence-corrected chi connectivity index (χ3v) is 12.0. The number of para-hydroxylation sites is 2. The molecule has 2 bridgehead atoms. The summed E-state index contributed by atoms with van der Waals surface area (Å²) in [6.45, 7) is 3.06. The van der Waals surface area contributed by atoms with Crippen molar-refractivity contribution in [3.8, 4) is 22.3 Å². The summed E-state index contributed by atoms with van der Waals surface area (Å²) in [6.07, 6.45) is 0. The highest BCUT2D eigenvalue weighted by molar-refractivity contribution is 6.11. The molecule has 2 aliphatic rings. The first-order chi connectivity index (χ1) is 30.0. The van der Waals surface area contributed by atoms with Gasteiger partial charge in [-0.1, -0.05) is 97.1 Å². The van der Waals surface area contributed by atoms with E-state index in [1.807, 2.05) is 72.8 Å². The van der Waals surface area contributed by atoms with Gasteiger partial charge in [-0.05, 0) is 81.9 Å². The highest BCUT2D eigenvalue weighted by Crippen LogP contribution is 2.46. The Hall–Kier alpha value is -7.98. The van der Waals surface area contributed by atoms with Gasteiger partial charge in [-0.2, -0.15) is 0 Å². The number of benzene rings is 6. The molecule has 0 saturated carbocycles. The van der Waals surface area contributed by atoms with Crippen LogP contribution in [0.4, 0.5) is 23.1 Å². The zero-order valence-electron chi connectivity index (χ0n) is 32.7. The summed E-state index contributed by atoms with van der Waals surface area (Å²) in [5, 5.41) is 9.30. The highest BCUT2D eigenvalue weighted by atomic mass is 16.4. The molecule has 10 heteroatoms. The van der Waals surface area contributed by atoms with Crippen molar-refractivity contribution in [1.29, 1.82) is 0 Å². The van der Waals surface area contributed by atoms with Crippen LogP contribution in [0.15, 0.2) is 173 Å². The number of hydrogen-bond acceptors (Lipinski definition) is 10. The summed E-state index contributed by atoms with van der Waals surface area (Å²) in [5.74, 6) is 1.03. The normalized spacial score (nSPS) is 13.2. The van der Waals surface area contributed by atoms with Gasteiger partial charge in [0, 0.05) is 37.6 Å². The second kappa shape index (κ2) is 13.8. The maximum atomic E-state index is 13.7. The molecular weight excluding hydrogens is 765 g/mol. The van der Waals surface area contributed by atoms with E-state index in [4.69, 9.17) is 17.7 Å². The summed E-state index contributed by atoms with van der Waals surface area (Å²) >= 11 is 0. The molecule has 0 amide bonds. The van der Waals surface area contributed by atoms with Crippen LogP contribution in [0.1, 0.15) is 22.3 Å². The average Bonchev–Trinajstić information content (AvgIpc) is 3.89. The summed E-state index contributed by atoms with van der Waals surface area (Å²) < 4.78 is 24.8. The van der Waals surface area contributed by atoms with Gasteiger partial charge in [0.2, 0.25) is 11.8 Å². The maximum absolute atomic E-state index is 13.7. The second-order valence-corrected chi connectivity index (χ2v) is 15.7. The van der Waals surface area contributed by atoms with Crippen molar-refractivity contribution < 1.29 is 17.7 Å². The van der Waals surface area contributed by atoms with Gasteiger partial charge in [0.1, 0.15) is 21.9 Å². The van der Waals surface area contributed by atoms with Gasteiger partial charge in [-0.25, -0.2) is 9.59 Å². The second-order valence-electron chi connectivity index (χ2n) is 15.7. The smallest absolute Gasteiger partial charge is 0.348 e. The van der Waals surface area contributed by atoms with Crippen LogP contribution in [-0.2, 0) is 26.2 Å². The predicted octanol–water partition coefficient (Wildman–Crippen LogP) is 11.2. The Morgan fingerprint density at radius 2 is 0.902 bits per heavy atom. The van der Waals surface area contributed by atoms with Gasteiger partial charge in [0.25, 0.3) is 0 Å². The quantitative estimate of drug-likeness (QED) is 0.144.